The van der Waals surface area contributed by atoms with Crippen LogP contribution < -0.4 is 0 Å². The second kappa shape index (κ2) is 6.78. The molecule has 1 saturated heterocycles. The maximum Gasteiger partial charge on any atom is 0.453 e. The van der Waals surface area contributed by atoms with Crippen molar-refractivity contribution in [3.63, 3.8) is 0 Å². The van der Waals surface area contributed by atoms with E-state index < -0.39 is 24.0 Å². The number of carbonyl (C=O) groups is 2. The molecule has 146 valence electrons. The number of fused-ring (bicyclic) bond motifs is 1. The Balaban J connectivity index is 1.82. The summed E-state index contributed by atoms with van der Waals surface area (Å²) in [4.78, 5) is 32.4. The molecule has 2 aromatic heterocycles. The zero-order chi connectivity index (χ0) is 19.9. The maximum atomic E-state index is 12.8. The number of aliphatic carboxylic acids is 1. The SMILES string of the molecule is Cc1nc2nc(C(F)(F)F)nn2c(C)c1CCC(=O)N1CCCC1C(=O)O. The molecule has 1 atom stereocenters. The summed E-state index contributed by atoms with van der Waals surface area (Å²) in [6.45, 7) is 3.61. The highest BCUT2D eigenvalue weighted by Gasteiger charge is 2.37. The van der Waals surface area contributed by atoms with Crippen LogP contribution in [-0.4, -0.2) is 54.1 Å². The first kappa shape index (κ1) is 19.1. The van der Waals surface area contributed by atoms with Crippen molar-refractivity contribution in [1.82, 2.24) is 24.5 Å². The molecule has 0 spiro atoms. The zero-order valence-corrected chi connectivity index (χ0v) is 14.7. The number of amides is 1. The van der Waals surface area contributed by atoms with E-state index in [1.807, 2.05) is 0 Å². The molecule has 0 radical (unpaired) electrons. The quantitative estimate of drug-likeness (QED) is 0.861. The summed E-state index contributed by atoms with van der Waals surface area (Å²) in [7, 11) is 0. The molecule has 1 fully saturated rings. The fourth-order valence-electron chi connectivity index (χ4n) is 3.39. The molecule has 1 aliphatic rings. The lowest BCUT2D eigenvalue weighted by atomic mass is 10.1. The maximum absolute atomic E-state index is 12.8. The Kier molecular flexibility index (Phi) is 4.79. The van der Waals surface area contributed by atoms with E-state index >= 15 is 0 Å². The van der Waals surface area contributed by atoms with Crippen LogP contribution in [0.1, 0.15) is 42.0 Å². The number of alkyl halides is 3. The van der Waals surface area contributed by atoms with Gasteiger partial charge < -0.3 is 10.0 Å². The molecule has 1 N–H and O–H groups in total. The van der Waals surface area contributed by atoms with Crippen LogP contribution in [0.25, 0.3) is 5.78 Å². The van der Waals surface area contributed by atoms with Crippen molar-refractivity contribution >= 4 is 17.7 Å². The van der Waals surface area contributed by atoms with Gasteiger partial charge in [-0.2, -0.15) is 18.2 Å². The van der Waals surface area contributed by atoms with Gasteiger partial charge >= 0.3 is 12.1 Å². The summed E-state index contributed by atoms with van der Waals surface area (Å²) in [6.07, 6.45) is -3.35. The number of rotatable bonds is 4. The van der Waals surface area contributed by atoms with E-state index in [0.29, 0.717) is 36.3 Å². The lowest BCUT2D eigenvalue weighted by Crippen LogP contribution is -2.40. The van der Waals surface area contributed by atoms with Gasteiger partial charge in [0, 0.05) is 24.4 Å². The summed E-state index contributed by atoms with van der Waals surface area (Å²) in [5, 5.41) is 12.6. The first-order valence-corrected chi connectivity index (χ1v) is 8.42. The van der Waals surface area contributed by atoms with E-state index in [-0.39, 0.29) is 24.5 Å². The lowest BCUT2D eigenvalue weighted by molar-refractivity contribution is -0.148. The Hall–Kier alpha value is -2.72. The van der Waals surface area contributed by atoms with E-state index in [0.717, 1.165) is 4.52 Å². The molecule has 1 amide bonds. The average molecular weight is 385 g/mol. The normalized spacial score (nSPS) is 17.7. The number of carboxylic acid groups (broad SMARTS) is 1. The van der Waals surface area contributed by atoms with Gasteiger partial charge in [-0.15, -0.1) is 5.10 Å². The minimum Gasteiger partial charge on any atom is -0.480 e. The fraction of sp³-hybridized carbons (Fsp3) is 0.562. The number of hydrogen-bond acceptors (Lipinski definition) is 5. The number of hydrogen-bond donors (Lipinski definition) is 1. The standard InChI is InChI=1S/C16H18F3N5O3/c1-8-10(5-6-12(25)23-7-3-4-11(23)13(26)27)9(2)24-15(20-8)21-14(22-24)16(17,18)19/h11H,3-7H2,1-2H3,(H,26,27). The van der Waals surface area contributed by atoms with Crippen LogP contribution in [0.3, 0.4) is 0 Å². The van der Waals surface area contributed by atoms with Crippen molar-refractivity contribution in [3.8, 4) is 0 Å². The van der Waals surface area contributed by atoms with Gasteiger partial charge in [0.15, 0.2) is 0 Å². The van der Waals surface area contributed by atoms with Gasteiger partial charge in [0.05, 0.1) is 0 Å². The summed E-state index contributed by atoms with van der Waals surface area (Å²) >= 11 is 0. The first-order chi connectivity index (χ1) is 12.6. The molecule has 8 nitrogen and oxygen atoms in total. The van der Waals surface area contributed by atoms with E-state index in [1.54, 1.807) is 13.8 Å². The van der Waals surface area contributed by atoms with Crippen molar-refractivity contribution in [1.29, 1.82) is 0 Å². The number of aromatic nitrogens is 4. The number of carbonyl (C=O) groups excluding carboxylic acids is 1. The number of carboxylic acids is 1. The van der Waals surface area contributed by atoms with Gasteiger partial charge in [0.25, 0.3) is 11.6 Å². The Bertz CT molecular complexity index is 909. The average Bonchev–Trinajstić information content (AvgIpc) is 3.20. The monoisotopic (exact) mass is 385 g/mol. The van der Waals surface area contributed by atoms with Crippen LogP contribution in [0.2, 0.25) is 0 Å². The van der Waals surface area contributed by atoms with E-state index in [1.165, 1.54) is 4.90 Å². The highest BCUT2D eigenvalue weighted by atomic mass is 19.4. The van der Waals surface area contributed by atoms with E-state index in [2.05, 4.69) is 15.1 Å². The molecule has 0 bridgehead atoms. The van der Waals surface area contributed by atoms with Crippen molar-refractivity contribution in [2.24, 2.45) is 0 Å². The Morgan fingerprint density at radius 3 is 2.59 bits per heavy atom. The predicted octanol–water partition coefficient (Wildman–Crippen LogP) is 1.77. The number of likely N-dealkylation sites (tertiary alicyclic amines) is 1. The van der Waals surface area contributed by atoms with Gasteiger partial charge in [0.2, 0.25) is 5.91 Å². The Labute approximate surface area is 152 Å². The van der Waals surface area contributed by atoms with Crippen molar-refractivity contribution < 1.29 is 27.9 Å². The van der Waals surface area contributed by atoms with Gasteiger partial charge in [-0.25, -0.2) is 14.3 Å². The van der Waals surface area contributed by atoms with Crippen LogP contribution >= 0.6 is 0 Å². The Morgan fingerprint density at radius 2 is 1.96 bits per heavy atom. The molecule has 27 heavy (non-hydrogen) atoms. The molecule has 3 heterocycles. The molecule has 0 saturated carbocycles. The van der Waals surface area contributed by atoms with Gasteiger partial charge in [-0.3, -0.25) is 4.79 Å². The molecule has 11 heteroatoms. The zero-order valence-electron chi connectivity index (χ0n) is 14.7. The lowest BCUT2D eigenvalue weighted by Gasteiger charge is -2.21. The van der Waals surface area contributed by atoms with Gasteiger partial charge in [-0.1, -0.05) is 0 Å². The molecule has 0 aromatic carbocycles. The third kappa shape index (κ3) is 3.58. The number of halogens is 3. The molecule has 0 aliphatic carbocycles. The van der Waals surface area contributed by atoms with Crippen molar-refractivity contribution in [3.05, 3.63) is 22.8 Å². The predicted molar refractivity (Wildman–Crippen MR) is 85.9 cm³/mol. The Morgan fingerprint density at radius 1 is 1.26 bits per heavy atom. The third-order valence-electron chi connectivity index (χ3n) is 4.75. The van der Waals surface area contributed by atoms with Crippen LogP contribution in [0.4, 0.5) is 13.2 Å². The smallest absolute Gasteiger partial charge is 0.453 e. The molecule has 3 rings (SSSR count). The molecular formula is C16H18F3N5O3. The summed E-state index contributed by atoms with van der Waals surface area (Å²) in [5.74, 6) is -2.75. The molecular weight excluding hydrogens is 367 g/mol. The molecule has 2 aromatic rings. The summed E-state index contributed by atoms with van der Waals surface area (Å²) < 4.78 is 39.5. The highest BCUT2D eigenvalue weighted by molar-refractivity contribution is 5.84. The summed E-state index contributed by atoms with van der Waals surface area (Å²) in [6, 6.07) is -0.815. The third-order valence-corrected chi connectivity index (χ3v) is 4.75. The van der Waals surface area contributed by atoms with E-state index in [9.17, 15) is 27.9 Å². The van der Waals surface area contributed by atoms with Crippen LogP contribution in [0.15, 0.2) is 0 Å². The first-order valence-electron chi connectivity index (χ1n) is 8.42. The second-order valence-corrected chi connectivity index (χ2v) is 6.49. The topological polar surface area (TPSA) is 101 Å². The fourth-order valence-corrected chi connectivity index (χ4v) is 3.39. The van der Waals surface area contributed by atoms with Crippen molar-refractivity contribution in [2.45, 2.75) is 51.7 Å². The second-order valence-electron chi connectivity index (χ2n) is 6.49. The minimum absolute atomic E-state index is 0.0411. The largest absolute Gasteiger partial charge is 0.480 e. The van der Waals surface area contributed by atoms with Crippen molar-refractivity contribution in [2.75, 3.05) is 6.54 Å². The van der Waals surface area contributed by atoms with Crippen LogP contribution in [-0.2, 0) is 22.2 Å². The summed E-state index contributed by atoms with van der Waals surface area (Å²) in [5.41, 5.74) is 1.48. The van der Waals surface area contributed by atoms with Gasteiger partial charge in [0.1, 0.15) is 6.04 Å². The van der Waals surface area contributed by atoms with Crippen LogP contribution in [0.5, 0.6) is 0 Å². The highest BCUT2D eigenvalue weighted by Crippen LogP contribution is 2.27. The van der Waals surface area contributed by atoms with Gasteiger partial charge in [-0.05, 0) is 38.7 Å². The van der Waals surface area contributed by atoms with Crippen LogP contribution in [0, 0.1) is 13.8 Å². The molecule has 1 unspecified atom stereocenters. The minimum atomic E-state index is -4.67. The molecule has 1 aliphatic heterocycles. The number of nitrogens with zero attached hydrogens (tertiary/aromatic N) is 5. The van der Waals surface area contributed by atoms with E-state index in [4.69, 9.17) is 0 Å². The number of aryl methyl sites for hydroxylation is 2.